The van der Waals surface area contributed by atoms with Crippen LogP contribution in [0.3, 0.4) is 0 Å². The fraction of sp³-hybridized carbons (Fsp3) is 0.333. The summed E-state index contributed by atoms with van der Waals surface area (Å²) < 4.78 is 5.43. The predicted octanol–water partition coefficient (Wildman–Crippen LogP) is 3.41. The molecule has 0 saturated carbocycles. The Morgan fingerprint density at radius 3 is 2.94 bits per heavy atom. The number of fused-ring (bicyclic) bond motifs is 1. The first-order valence-corrected chi connectivity index (χ1v) is 7.18. The number of hydrogen-bond donors (Lipinski definition) is 1. The van der Waals surface area contributed by atoms with Crippen LogP contribution in [0.5, 0.6) is 0 Å². The topological polar surface area (TPSA) is 35.2 Å². The zero-order valence-corrected chi connectivity index (χ0v) is 11.1. The molecule has 94 valence electrons. The van der Waals surface area contributed by atoms with E-state index < -0.39 is 0 Å². The van der Waals surface area contributed by atoms with E-state index in [-0.39, 0.29) is 6.04 Å². The summed E-state index contributed by atoms with van der Waals surface area (Å²) in [4.78, 5) is 1.41. The molecule has 0 amide bonds. The molecule has 1 aromatic heterocycles. The molecule has 1 aliphatic rings. The normalized spacial score (nSPS) is 15.6. The molecule has 0 radical (unpaired) electrons. The monoisotopic (exact) mass is 259 g/mol. The van der Waals surface area contributed by atoms with Crippen molar-refractivity contribution in [1.82, 2.24) is 0 Å². The Hall–Kier alpha value is -1.16. The molecule has 0 fully saturated rings. The van der Waals surface area contributed by atoms with Crippen LogP contribution in [0.1, 0.15) is 34.0 Å². The molecule has 2 nitrogen and oxygen atoms in total. The first kappa shape index (κ1) is 11.9. The lowest BCUT2D eigenvalue weighted by Crippen LogP contribution is -2.11. The summed E-state index contributed by atoms with van der Waals surface area (Å²) in [6.45, 7) is 1.49. The van der Waals surface area contributed by atoms with Gasteiger partial charge in [0, 0.05) is 10.9 Å². The van der Waals surface area contributed by atoms with Crippen molar-refractivity contribution in [2.24, 2.45) is 5.73 Å². The van der Waals surface area contributed by atoms with Crippen molar-refractivity contribution in [1.29, 1.82) is 0 Å². The third-order valence-corrected chi connectivity index (χ3v) is 4.39. The van der Waals surface area contributed by atoms with Gasteiger partial charge in [0.2, 0.25) is 0 Å². The fourth-order valence-electron chi connectivity index (χ4n) is 2.34. The third-order valence-electron chi connectivity index (χ3n) is 3.46. The SMILES string of the molecule is NC(CCc1cccs1)c1ccc2c(c1)COC2. The van der Waals surface area contributed by atoms with Crippen molar-refractivity contribution in [2.75, 3.05) is 0 Å². The molecule has 18 heavy (non-hydrogen) atoms. The average molecular weight is 259 g/mol. The van der Waals surface area contributed by atoms with Crippen LogP contribution in [0, 0.1) is 0 Å². The summed E-state index contributed by atoms with van der Waals surface area (Å²) in [5, 5.41) is 2.12. The number of hydrogen-bond acceptors (Lipinski definition) is 3. The van der Waals surface area contributed by atoms with Crippen LogP contribution in [-0.4, -0.2) is 0 Å². The Labute approximate surface area is 111 Å². The van der Waals surface area contributed by atoms with E-state index in [2.05, 4.69) is 35.7 Å². The van der Waals surface area contributed by atoms with Gasteiger partial charge in [-0.05, 0) is 41.0 Å². The van der Waals surface area contributed by atoms with E-state index in [0.717, 1.165) is 26.1 Å². The molecule has 2 N–H and O–H groups in total. The highest BCUT2D eigenvalue weighted by molar-refractivity contribution is 7.09. The van der Waals surface area contributed by atoms with Gasteiger partial charge in [0.15, 0.2) is 0 Å². The lowest BCUT2D eigenvalue weighted by atomic mass is 9.98. The van der Waals surface area contributed by atoms with Gasteiger partial charge in [0.1, 0.15) is 0 Å². The van der Waals surface area contributed by atoms with Gasteiger partial charge in [-0.3, -0.25) is 0 Å². The molecular weight excluding hydrogens is 242 g/mol. The van der Waals surface area contributed by atoms with E-state index in [1.165, 1.54) is 21.6 Å². The molecule has 2 heterocycles. The molecule has 1 atom stereocenters. The molecular formula is C15H17NOS. The maximum Gasteiger partial charge on any atom is 0.0725 e. The lowest BCUT2D eigenvalue weighted by molar-refractivity contribution is 0.134. The van der Waals surface area contributed by atoms with Crippen molar-refractivity contribution in [3.63, 3.8) is 0 Å². The Morgan fingerprint density at radius 2 is 2.11 bits per heavy atom. The van der Waals surface area contributed by atoms with E-state index in [4.69, 9.17) is 10.5 Å². The van der Waals surface area contributed by atoms with Crippen molar-refractivity contribution in [3.05, 3.63) is 57.3 Å². The molecule has 3 rings (SSSR count). The number of rotatable bonds is 4. The molecule has 2 aromatic rings. The third kappa shape index (κ3) is 2.48. The summed E-state index contributed by atoms with van der Waals surface area (Å²) in [5.41, 5.74) is 10.1. The van der Waals surface area contributed by atoms with Gasteiger partial charge in [0.05, 0.1) is 13.2 Å². The second kappa shape index (κ2) is 5.22. The van der Waals surface area contributed by atoms with E-state index >= 15 is 0 Å². The van der Waals surface area contributed by atoms with Gasteiger partial charge in [0.25, 0.3) is 0 Å². The Kier molecular flexibility index (Phi) is 3.46. The summed E-state index contributed by atoms with van der Waals surface area (Å²) in [7, 11) is 0. The van der Waals surface area contributed by atoms with Crippen molar-refractivity contribution in [3.8, 4) is 0 Å². The highest BCUT2D eigenvalue weighted by atomic mass is 32.1. The molecule has 1 aromatic carbocycles. The average Bonchev–Trinajstić information content (AvgIpc) is 3.05. The first-order valence-electron chi connectivity index (χ1n) is 6.30. The minimum absolute atomic E-state index is 0.123. The Balaban J connectivity index is 1.67. The van der Waals surface area contributed by atoms with Crippen LogP contribution in [0.2, 0.25) is 0 Å². The molecule has 0 aliphatic carbocycles. The van der Waals surface area contributed by atoms with Crippen LogP contribution in [0.4, 0.5) is 0 Å². The van der Waals surface area contributed by atoms with Crippen LogP contribution < -0.4 is 5.73 Å². The number of aryl methyl sites for hydroxylation is 1. The lowest BCUT2D eigenvalue weighted by Gasteiger charge is -2.12. The van der Waals surface area contributed by atoms with Crippen LogP contribution >= 0.6 is 11.3 Å². The maximum absolute atomic E-state index is 6.27. The minimum atomic E-state index is 0.123. The Morgan fingerprint density at radius 1 is 1.22 bits per heavy atom. The molecule has 0 bridgehead atoms. The first-order chi connectivity index (χ1) is 8.83. The molecule has 0 spiro atoms. The quantitative estimate of drug-likeness (QED) is 0.913. The minimum Gasteiger partial charge on any atom is -0.372 e. The van der Waals surface area contributed by atoms with E-state index in [9.17, 15) is 0 Å². The zero-order valence-electron chi connectivity index (χ0n) is 10.3. The second-order valence-electron chi connectivity index (χ2n) is 4.75. The smallest absolute Gasteiger partial charge is 0.0725 e. The molecule has 3 heteroatoms. The largest absolute Gasteiger partial charge is 0.372 e. The Bertz CT molecular complexity index is 521. The molecule has 1 aliphatic heterocycles. The van der Waals surface area contributed by atoms with Gasteiger partial charge in [-0.2, -0.15) is 0 Å². The van der Waals surface area contributed by atoms with E-state index in [0.29, 0.717) is 0 Å². The van der Waals surface area contributed by atoms with Gasteiger partial charge < -0.3 is 10.5 Å². The second-order valence-corrected chi connectivity index (χ2v) is 5.78. The maximum atomic E-state index is 6.27. The van der Waals surface area contributed by atoms with Crippen molar-refractivity contribution in [2.45, 2.75) is 32.1 Å². The predicted molar refractivity (Wildman–Crippen MR) is 74.5 cm³/mol. The number of nitrogens with two attached hydrogens (primary N) is 1. The summed E-state index contributed by atoms with van der Waals surface area (Å²) in [6, 6.07) is 10.9. The van der Waals surface area contributed by atoms with Crippen molar-refractivity contribution >= 4 is 11.3 Å². The summed E-state index contributed by atoms with van der Waals surface area (Å²) in [5.74, 6) is 0. The van der Waals surface area contributed by atoms with E-state index in [1.807, 2.05) is 0 Å². The molecule has 0 saturated heterocycles. The number of ether oxygens (including phenoxy) is 1. The highest BCUT2D eigenvalue weighted by Gasteiger charge is 2.14. The van der Waals surface area contributed by atoms with Gasteiger partial charge in [-0.25, -0.2) is 0 Å². The highest BCUT2D eigenvalue weighted by Crippen LogP contribution is 2.25. The van der Waals surface area contributed by atoms with Crippen LogP contribution in [0.25, 0.3) is 0 Å². The van der Waals surface area contributed by atoms with Crippen LogP contribution in [-0.2, 0) is 24.4 Å². The van der Waals surface area contributed by atoms with Crippen LogP contribution in [0.15, 0.2) is 35.7 Å². The van der Waals surface area contributed by atoms with Gasteiger partial charge >= 0.3 is 0 Å². The number of benzene rings is 1. The molecule has 1 unspecified atom stereocenters. The van der Waals surface area contributed by atoms with Gasteiger partial charge in [-0.1, -0.05) is 24.3 Å². The summed E-state index contributed by atoms with van der Waals surface area (Å²) in [6.07, 6.45) is 2.06. The van der Waals surface area contributed by atoms with Gasteiger partial charge in [-0.15, -0.1) is 11.3 Å². The number of thiophene rings is 1. The van der Waals surface area contributed by atoms with Crippen molar-refractivity contribution < 1.29 is 4.74 Å². The summed E-state index contributed by atoms with van der Waals surface area (Å²) >= 11 is 1.80. The standard InChI is InChI=1S/C15H17NOS/c16-15(6-5-14-2-1-7-18-14)11-3-4-12-9-17-10-13(12)8-11/h1-4,7-8,15H,5-6,9-10,16H2. The fourth-order valence-corrected chi connectivity index (χ4v) is 3.07. The zero-order chi connectivity index (χ0) is 12.4. The van der Waals surface area contributed by atoms with E-state index in [1.54, 1.807) is 11.3 Å².